The van der Waals surface area contributed by atoms with E-state index in [0.717, 1.165) is 26.2 Å². The molecule has 0 aromatic carbocycles. The number of carbonyl (C=O) groups excluding carboxylic acids is 1. The summed E-state index contributed by atoms with van der Waals surface area (Å²) in [5.74, 6) is 0.0743. The Bertz CT molecular complexity index is 241. The first-order valence-electron chi connectivity index (χ1n) is 6.08. The van der Waals surface area contributed by atoms with E-state index in [1.165, 1.54) is 12.8 Å². The first kappa shape index (κ1) is 11.8. The van der Waals surface area contributed by atoms with Crippen LogP contribution < -0.4 is 10.6 Å². The van der Waals surface area contributed by atoms with Crippen molar-refractivity contribution in [1.82, 2.24) is 15.5 Å². The minimum Gasteiger partial charge on any atom is -0.378 e. The minimum atomic E-state index is -0.108. The largest absolute Gasteiger partial charge is 0.378 e. The number of ether oxygens (including phenoxy) is 1. The highest BCUT2D eigenvalue weighted by Crippen LogP contribution is 2.16. The number of likely N-dealkylation sites (N-methyl/N-ethyl adjacent to an activating group) is 1. The molecule has 5 heteroatoms. The lowest BCUT2D eigenvalue weighted by molar-refractivity contribution is -0.134. The van der Waals surface area contributed by atoms with Crippen molar-refractivity contribution in [3.63, 3.8) is 0 Å². The Morgan fingerprint density at radius 1 is 1.56 bits per heavy atom. The Morgan fingerprint density at radius 3 is 3.12 bits per heavy atom. The number of nitrogens with zero attached hydrogens (tertiary/aromatic N) is 1. The number of rotatable bonds is 2. The summed E-state index contributed by atoms with van der Waals surface area (Å²) < 4.78 is 5.40. The van der Waals surface area contributed by atoms with Gasteiger partial charge in [-0.25, -0.2) is 0 Å². The van der Waals surface area contributed by atoms with Crippen LogP contribution in [0.2, 0.25) is 0 Å². The van der Waals surface area contributed by atoms with E-state index in [1.807, 2.05) is 0 Å². The zero-order chi connectivity index (χ0) is 11.4. The monoisotopic (exact) mass is 227 g/mol. The summed E-state index contributed by atoms with van der Waals surface area (Å²) >= 11 is 0. The molecule has 0 aromatic heterocycles. The maximum Gasteiger partial charge on any atom is 0.239 e. The van der Waals surface area contributed by atoms with Gasteiger partial charge in [0.15, 0.2) is 0 Å². The van der Waals surface area contributed by atoms with Crippen LogP contribution in [0.1, 0.15) is 12.8 Å². The van der Waals surface area contributed by atoms with Crippen molar-refractivity contribution in [1.29, 1.82) is 0 Å². The van der Waals surface area contributed by atoms with Crippen LogP contribution in [0.25, 0.3) is 0 Å². The molecule has 2 rings (SSSR count). The SMILES string of the molecule is CNC(=O)C1COCCN1C1CCCNC1. The number of hydrogen-bond donors (Lipinski definition) is 2. The second-order valence-corrected chi connectivity index (χ2v) is 4.44. The van der Waals surface area contributed by atoms with Crippen molar-refractivity contribution in [2.75, 3.05) is 39.9 Å². The van der Waals surface area contributed by atoms with Crippen molar-refractivity contribution in [3.8, 4) is 0 Å². The molecule has 5 nitrogen and oxygen atoms in total. The molecule has 16 heavy (non-hydrogen) atoms. The number of hydrogen-bond acceptors (Lipinski definition) is 4. The predicted molar refractivity (Wildman–Crippen MR) is 61.3 cm³/mol. The van der Waals surface area contributed by atoms with Crippen molar-refractivity contribution >= 4 is 5.91 Å². The third-order valence-corrected chi connectivity index (χ3v) is 3.46. The van der Waals surface area contributed by atoms with Crippen LogP contribution in [-0.2, 0) is 9.53 Å². The number of piperidine rings is 1. The van der Waals surface area contributed by atoms with E-state index in [-0.39, 0.29) is 11.9 Å². The molecule has 2 aliphatic heterocycles. The molecule has 2 fully saturated rings. The molecule has 1 amide bonds. The van der Waals surface area contributed by atoms with Gasteiger partial charge in [-0.3, -0.25) is 9.69 Å². The molecule has 2 unspecified atom stereocenters. The molecule has 0 aromatic rings. The quantitative estimate of drug-likeness (QED) is 0.647. The topological polar surface area (TPSA) is 53.6 Å². The van der Waals surface area contributed by atoms with Crippen LogP contribution in [0, 0.1) is 0 Å². The molecular weight excluding hydrogens is 206 g/mol. The summed E-state index contributed by atoms with van der Waals surface area (Å²) in [6.45, 7) is 4.23. The first-order chi connectivity index (χ1) is 7.83. The molecule has 2 aliphatic rings. The Kier molecular flexibility index (Phi) is 4.15. The second kappa shape index (κ2) is 5.61. The Balaban J connectivity index is 2.00. The van der Waals surface area contributed by atoms with Gasteiger partial charge in [-0.2, -0.15) is 0 Å². The van der Waals surface area contributed by atoms with E-state index in [0.29, 0.717) is 12.6 Å². The van der Waals surface area contributed by atoms with E-state index in [4.69, 9.17) is 4.74 Å². The van der Waals surface area contributed by atoms with E-state index < -0.39 is 0 Å². The molecular formula is C11H21N3O2. The minimum absolute atomic E-state index is 0.0743. The molecule has 2 N–H and O–H groups in total. The highest BCUT2D eigenvalue weighted by molar-refractivity contribution is 5.81. The van der Waals surface area contributed by atoms with Crippen molar-refractivity contribution in [2.24, 2.45) is 0 Å². The summed E-state index contributed by atoms with van der Waals surface area (Å²) in [6, 6.07) is 0.378. The van der Waals surface area contributed by atoms with Gasteiger partial charge < -0.3 is 15.4 Å². The van der Waals surface area contributed by atoms with Crippen LogP contribution in [-0.4, -0.2) is 62.8 Å². The van der Waals surface area contributed by atoms with Gasteiger partial charge in [0.2, 0.25) is 5.91 Å². The predicted octanol–water partition coefficient (Wildman–Crippen LogP) is -0.815. The lowest BCUT2D eigenvalue weighted by Gasteiger charge is -2.41. The average molecular weight is 227 g/mol. The average Bonchev–Trinajstić information content (AvgIpc) is 2.39. The van der Waals surface area contributed by atoms with Gasteiger partial charge in [0.05, 0.1) is 13.2 Å². The molecule has 2 atom stereocenters. The summed E-state index contributed by atoms with van der Waals surface area (Å²) in [6.07, 6.45) is 2.38. The number of nitrogens with one attached hydrogen (secondary N) is 2. The van der Waals surface area contributed by atoms with Gasteiger partial charge in [0.1, 0.15) is 6.04 Å². The fourth-order valence-electron chi connectivity index (χ4n) is 2.56. The Morgan fingerprint density at radius 2 is 2.44 bits per heavy atom. The van der Waals surface area contributed by atoms with E-state index >= 15 is 0 Å². The van der Waals surface area contributed by atoms with E-state index in [9.17, 15) is 4.79 Å². The van der Waals surface area contributed by atoms with Crippen LogP contribution >= 0.6 is 0 Å². The third kappa shape index (κ3) is 2.53. The van der Waals surface area contributed by atoms with Gasteiger partial charge in [0, 0.05) is 26.2 Å². The van der Waals surface area contributed by atoms with Crippen LogP contribution in [0.3, 0.4) is 0 Å². The Labute approximate surface area is 96.5 Å². The third-order valence-electron chi connectivity index (χ3n) is 3.46. The molecule has 92 valence electrons. The zero-order valence-electron chi connectivity index (χ0n) is 9.87. The standard InChI is InChI=1S/C11H21N3O2/c1-12-11(15)10-8-16-6-5-14(10)9-3-2-4-13-7-9/h9-10,13H,2-8H2,1H3,(H,12,15). The number of carbonyl (C=O) groups is 1. The first-order valence-corrected chi connectivity index (χ1v) is 6.08. The summed E-state index contributed by atoms with van der Waals surface area (Å²) in [5.41, 5.74) is 0. The van der Waals surface area contributed by atoms with Crippen LogP contribution in [0.15, 0.2) is 0 Å². The van der Waals surface area contributed by atoms with E-state index in [1.54, 1.807) is 7.05 Å². The van der Waals surface area contributed by atoms with E-state index in [2.05, 4.69) is 15.5 Å². The summed E-state index contributed by atoms with van der Waals surface area (Å²) in [5, 5.41) is 6.12. The highest BCUT2D eigenvalue weighted by atomic mass is 16.5. The fourth-order valence-corrected chi connectivity index (χ4v) is 2.56. The van der Waals surface area contributed by atoms with Gasteiger partial charge in [-0.05, 0) is 19.4 Å². The molecule has 2 heterocycles. The second-order valence-electron chi connectivity index (χ2n) is 4.44. The molecule has 0 spiro atoms. The number of morpholine rings is 1. The lowest BCUT2D eigenvalue weighted by Crippen LogP contribution is -2.59. The highest BCUT2D eigenvalue weighted by Gasteiger charge is 2.34. The molecule has 0 bridgehead atoms. The fraction of sp³-hybridized carbons (Fsp3) is 0.909. The summed E-state index contributed by atoms with van der Waals surface area (Å²) in [4.78, 5) is 14.1. The van der Waals surface area contributed by atoms with Crippen molar-refractivity contribution in [3.05, 3.63) is 0 Å². The maximum absolute atomic E-state index is 11.8. The zero-order valence-corrected chi connectivity index (χ0v) is 9.87. The van der Waals surface area contributed by atoms with Gasteiger partial charge >= 0.3 is 0 Å². The van der Waals surface area contributed by atoms with Gasteiger partial charge in [0.25, 0.3) is 0 Å². The summed E-state index contributed by atoms with van der Waals surface area (Å²) in [7, 11) is 1.69. The normalized spacial score (nSPS) is 32.3. The smallest absolute Gasteiger partial charge is 0.239 e. The number of amides is 1. The van der Waals surface area contributed by atoms with Gasteiger partial charge in [-0.15, -0.1) is 0 Å². The maximum atomic E-state index is 11.8. The van der Waals surface area contributed by atoms with Gasteiger partial charge in [-0.1, -0.05) is 0 Å². The molecule has 2 saturated heterocycles. The van der Waals surface area contributed by atoms with Crippen LogP contribution in [0.5, 0.6) is 0 Å². The van der Waals surface area contributed by atoms with Crippen molar-refractivity contribution < 1.29 is 9.53 Å². The molecule has 0 radical (unpaired) electrons. The molecule has 0 saturated carbocycles. The molecule has 0 aliphatic carbocycles. The lowest BCUT2D eigenvalue weighted by atomic mass is 10.0. The Hall–Kier alpha value is -0.650. The van der Waals surface area contributed by atoms with Crippen molar-refractivity contribution in [2.45, 2.75) is 24.9 Å². The van der Waals surface area contributed by atoms with Crippen LogP contribution in [0.4, 0.5) is 0 Å².